The van der Waals surface area contributed by atoms with Gasteiger partial charge in [0.2, 0.25) is 5.91 Å². The van der Waals surface area contributed by atoms with Gasteiger partial charge in [-0.3, -0.25) is 4.79 Å². The molecule has 0 unspecified atom stereocenters. The fourth-order valence-corrected chi connectivity index (χ4v) is 2.53. The van der Waals surface area contributed by atoms with E-state index in [-0.39, 0.29) is 23.3 Å². The van der Waals surface area contributed by atoms with Gasteiger partial charge in [-0.05, 0) is 18.2 Å². The minimum atomic E-state index is -0.226. The number of methoxy groups -OCH3 is 1. The van der Waals surface area contributed by atoms with Crippen molar-refractivity contribution in [1.82, 2.24) is 9.97 Å². The summed E-state index contributed by atoms with van der Waals surface area (Å²) >= 11 is 7.13. The Kier molecular flexibility index (Phi) is 5.29. The smallest absolute Gasteiger partial charge is 0.234 e. The second-order valence-corrected chi connectivity index (χ2v) is 5.54. The molecule has 1 aromatic heterocycles. The largest absolute Gasteiger partial charge is 0.495 e. The molecule has 116 valence electrons. The van der Waals surface area contributed by atoms with Crippen molar-refractivity contribution in [1.29, 1.82) is 0 Å². The summed E-state index contributed by atoms with van der Waals surface area (Å²) in [6.07, 6.45) is 0. The maximum Gasteiger partial charge on any atom is 0.234 e. The first kappa shape index (κ1) is 16.2. The number of anilines is 3. The van der Waals surface area contributed by atoms with Crippen LogP contribution in [0.5, 0.6) is 5.75 Å². The Bertz CT molecular complexity index is 678. The van der Waals surface area contributed by atoms with Crippen LogP contribution in [0, 0.1) is 0 Å². The molecule has 2 aromatic rings. The van der Waals surface area contributed by atoms with Gasteiger partial charge in [-0.15, -0.1) is 0 Å². The monoisotopic (exact) mass is 339 g/mol. The number of amides is 1. The fraction of sp³-hybridized carbons (Fsp3) is 0.154. The molecule has 0 bridgehead atoms. The van der Waals surface area contributed by atoms with E-state index >= 15 is 0 Å². The molecule has 0 spiro atoms. The standard InChI is InChI=1S/C13H14ClN5O2S/c1-21-9-3-2-7(4-8(9)14)17-12(20)6-22-13-18-10(15)5-11(16)19-13/h2-5H,6H2,1H3,(H,17,20)(H4,15,16,18,19). The van der Waals surface area contributed by atoms with E-state index in [9.17, 15) is 4.79 Å². The molecule has 0 atom stereocenters. The number of aromatic nitrogens is 2. The van der Waals surface area contributed by atoms with E-state index in [0.29, 0.717) is 21.6 Å². The second kappa shape index (κ2) is 7.19. The zero-order valence-electron chi connectivity index (χ0n) is 11.7. The van der Waals surface area contributed by atoms with E-state index in [1.54, 1.807) is 18.2 Å². The molecule has 7 nitrogen and oxygen atoms in total. The quantitative estimate of drug-likeness (QED) is 0.563. The van der Waals surface area contributed by atoms with Crippen molar-refractivity contribution in [3.63, 3.8) is 0 Å². The summed E-state index contributed by atoms with van der Waals surface area (Å²) < 4.78 is 5.04. The van der Waals surface area contributed by atoms with E-state index in [1.165, 1.54) is 13.2 Å². The minimum absolute atomic E-state index is 0.118. The van der Waals surface area contributed by atoms with Gasteiger partial charge in [-0.2, -0.15) is 0 Å². The summed E-state index contributed by atoms with van der Waals surface area (Å²) in [5.41, 5.74) is 11.7. The lowest BCUT2D eigenvalue weighted by Gasteiger charge is -2.08. The highest BCUT2D eigenvalue weighted by atomic mass is 35.5. The van der Waals surface area contributed by atoms with Crippen molar-refractivity contribution in [3.8, 4) is 5.75 Å². The van der Waals surface area contributed by atoms with Gasteiger partial charge in [0, 0.05) is 11.8 Å². The number of hydrogen-bond acceptors (Lipinski definition) is 7. The topological polar surface area (TPSA) is 116 Å². The lowest BCUT2D eigenvalue weighted by Crippen LogP contribution is -2.14. The number of halogens is 1. The van der Waals surface area contributed by atoms with Gasteiger partial charge in [0.1, 0.15) is 17.4 Å². The number of thioether (sulfide) groups is 1. The lowest BCUT2D eigenvalue weighted by atomic mass is 10.3. The van der Waals surface area contributed by atoms with Crippen LogP contribution in [0.1, 0.15) is 0 Å². The Morgan fingerprint density at radius 1 is 1.32 bits per heavy atom. The maximum absolute atomic E-state index is 11.9. The molecule has 0 aliphatic heterocycles. The zero-order valence-corrected chi connectivity index (χ0v) is 13.2. The zero-order chi connectivity index (χ0) is 16.1. The molecule has 0 saturated carbocycles. The van der Waals surface area contributed by atoms with E-state index in [0.717, 1.165) is 11.8 Å². The van der Waals surface area contributed by atoms with E-state index in [2.05, 4.69) is 15.3 Å². The molecule has 0 aliphatic rings. The molecule has 0 radical (unpaired) electrons. The number of benzene rings is 1. The molecule has 1 aromatic carbocycles. The number of nitrogens with two attached hydrogens (primary N) is 2. The van der Waals surface area contributed by atoms with Gasteiger partial charge in [0.15, 0.2) is 5.16 Å². The molecule has 1 heterocycles. The molecule has 0 saturated heterocycles. The van der Waals surface area contributed by atoms with Crippen LogP contribution >= 0.6 is 23.4 Å². The predicted octanol–water partition coefficient (Wildman–Crippen LogP) is 2.03. The molecule has 0 fully saturated rings. The van der Waals surface area contributed by atoms with Crippen LogP contribution < -0.4 is 21.5 Å². The Balaban J connectivity index is 1.94. The van der Waals surface area contributed by atoms with Crippen molar-refractivity contribution in [3.05, 3.63) is 29.3 Å². The van der Waals surface area contributed by atoms with E-state index in [1.807, 2.05) is 0 Å². The van der Waals surface area contributed by atoms with Crippen molar-refractivity contribution < 1.29 is 9.53 Å². The van der Waals surface area contributed by atoms with Crippen molar-refractivity contribution in [2.75, 3.05) is 29.6 Å². The Morgan fingerprint density at radius 2 is 2.00 bits per heavy atom. The summed E-state index contributed by atoms with van der Waals surface area (Å²) in [7, 11) is 1.52. The molecule has 9 heteroatoms. The van der Waals surface area contributed by atoms with Gasteiger partial charge in [-0.25, -0.2) is 9.97 Å². The molecular formula is C13H14ClN5O2S. The van der Waals surface area contributed by atoms with Crippen LogP contribution in [0.15, 0.2) is 29.4 Å². The third kappa shape index (κ3) is 4.40. The van der Waals surface area contributed by atoms with Gasteiger partial charge >= 0.3 is 0 Å². The van der Waals surface area contributed by atoms with Crippen LogP contribution in [-0.2, 0) is 4.79 Å². The summed E-state index contributed by atoms with van der Waals surface area (Å²) in [5.74, 6) is 0.954. The van der Waals surface area contributed by atoms with E-state index in [4.69, 9.17) is 27.8 Å². The first-order chi connectivity index (χ1) is 10.5. The number of nitrogens with zero attached hydrogens (tertiary/aromatic N) is 2. The summed E-state index contributed by atoms with van der Waals surface area (Å²) in [6.45, 7) is 0. The predicted molar refractivity (Wildman–Crippen MR) is 88.2 cm³/mol. The number of carbonyl (C=O) groups excluding carboxylic acids is 1. The number of ether oxygens (including phenoxy) is 1. The number of hydrogen-bond donors (Lipinski definition) is 3. The van der Waals surface area contributed by atoms with Crippen LogP contribution in [-0.4, -0.2) is 28.7 Å². The summed E-state index contributed by atoms with van der Waals surface area (Å²) in [5, 5.41) is 3.48. The third-order valence-corrected chi connectivity index (χ3v) is 3.66. The normalized spacial score (nSPS) is 10.3. The van der Waals surface area contributed by atoms with Crippen molar-refractivity contribution >= 4 is 46.6 Å². The molecule has 0 aliphatic carbocycles. The van der Waals surface area contributed by atoms with Gasteiger partial charge in [0.05, 0.1) is 17.9 Å². The van der Waals surface area contributed by atoms with E-state index < -0.39 is 0 Å². The number of nitrogen functional groups attached to an aromatic ring is 2. The highest BCUT2D eigenvalue weighted by Crippen LogP contribution is 2.27. The first-order valence-electron chi connectivity index (χ1n) is 6.14. The van der Waals surface area contributed by atoms with Crippen molar-refractivity contribution in [2.24, 2.45) is 0 Å². The highest BCUT2D eigenvalue weighted by molar-refractivity contribution is 7.99. The summed E-state index contributed by atoms with van der Waals surface area (Å²) in [4.78, 5) is 19.9. The van der Waals surface area contributed by atoms with Gasteiger partial charge in [0.25, 0.3) is 0 Å². The SMILES string of the molecule is COc1ccc(NC(=O)CSc2nc(N)cc(N)n2)cc1Cl. The minimum Gasteiger partial charge on any atom is -0.495 e. The van der Waals surface area contributed by atoms with Crippen LogP contribution in [0.25, 0.3) is 0 Å². The Morgan fingerprint density at radius 3 is 2.59 bits per heavy atom. The number of nitrogens with one attached hydrogen (secondary N) is 1. The maximum atomic E-state index is 11.9. The van der Waals surface area contributed by atoms with Crippen molar-refractivity contribution in [2.45, 2.75) is 5.16 Å². The highest BCUT2D eigenvalue weighted by Gasteiger charge is 2.08. The molecule has 5 N–H and O–H groups in total. The molecule has 1 amide bonds. The van der Waals surface area contributed by atoms with Crippen LogP contribution in [0.4, 0.5) is 17.3 Å². The third-order valence-electron chi connectivity index (χ3n) is 2.51. The molecule has 2 rings (SSSR count). The Labute approximate surface area is 136 Å². The van der Waals surface area contributed by atoms with Crippen LogP contribution in [0.2, 0.25) is 5.02 Å². The van der Waals surface area contributed by atoms with Crippen LogP contribution in [0.3, 0.4) is 0 Å². The molecule has 22 heavy (non-hydrogen) atoms. The second-order valence-electron chi connectivity index (χ2n) is 4.19. The average molecular weight is 340 g/mol. The average Bonchev–Trinajstić information content (AvgIpc) is 2.44. The summed E-state index contributed by atoms with van der Waals surface area (Å²) in [6, 6.07) is 6.43. The van der Waals surface area contributed by atoms with Gasteiger partial charge in [-0.1, -0.05) is 23.4 Å². The number of carbonyl (C=O) groups is 1. The Hall–Kier alpha value is -2.19. The molecular weight excluding hydrogens is 326 g/mol. The van der Waals surface area contributed by atoms with Gasteiger partial charge < -0.3 is 21.5 Å². The number of rotatable bonds is 5. The fourth-order valence-electron chi connectivity index (χ4n) is 1.60. The lowest BCUT2D eigenvalue weighted by molar-refractivity contribution is -0.113. The first-order valence-corrected chi connectivity index (χ1v) is 7.50.